The number of amides is 5. The number of halogens is 2. The van der Waals surface area contributed by atoms with Gasteiger partial charge in [-0.1, -0.05) is 18.2 Å². The van der Waals surface area contributed by atoms with Crippen LogP contribution in [0, 0.1) is 11.6 Å². The third-order valence-electron chi connectivity index (χ3n) is 8.58. The van der Waals surface area contributed by atoms with Crippen molar-refractivity contribution in [2.75, 3.05) is 31.5 Å². The van der Waals surface area contributed by atoms with E-state index < -0.39 is 64.3 Å². The highest BCUT2D eigenvalue weighted by atomic mass is 19.1. The van der Waals surface area contributed by atoms with Gasteiger partial charge in [-0.2, -0.15) is 0 Å². The molecule has 2 aromatic rings. The Kier molecular flexibility index (Phi) is 15.5. The van der Waals surface area contributed by atoms with Crippen molar-refractivity contribution >= 4 is 59.0 Å². The van der Waals surface area contributed by atoms with Gasteiger partial charge in [-0.15, -0.1) is 9.98 Å². The van der Waals surface area contributed by atoms with Crippen LogP contribution in [0.25, 0.3) is 11.1 Å². The zero-order valence-electron chi connectivity index (χ0n) is 38.1. The van der Waals surface area contributed by atoms with Gasteiger partial charge in [0.05, 0.1) is 5.56 Å². The van der Waals surface area contributed by atoms with Crippen molar-refractivity contribution in [2.45, 2.75) is 118 Å². The molecule has 16 nitrogen and oxygen atoms in total. The van der Waals surface area contributed by atoms with E-state index in [0.29, 0.717) is 30.5 Å². The number of rotatable bonds is 4. The Morgan fingerprint density at radius 3 is 1.44 bits per heavy atom. The molecule has 342 valence electrons. The van der Waals surface area contributed by atoms with Crippen LogP contribution in [0.3, 0.4) is 0 Å². The van der Waals surface area contributed by atoms with Crippen LogP contribution < -0.4 is 16.0 Å². The van der Waals surface area contributed by atoms with Crippen LogP contribution in [-0.2, 0) is 18.9 Å². The first-order valence-electron chi connectivity index (χ1n) is 20.5. The highest BCUT2D eigenvalue weighted by Crippen LogP contribution is 2.29. The minimum absolute atomic E-state index is 0.0658. The van der Waals surface area contributed by atoms with Gasteiger partial charge < -0.3 is 34.1 Å². The summed E-state index contributed by atoms with van der Waals surface area (Å²) in [6, 6.07) is 8.33. The number of aliphatic imine (C=N–C) groups is 2. The first-order chi connectivity index (χ1) is 29.0. The Morgan fingerprint density at radius 2 is 1.05 bits per heavy atom. The molecule has 0 radical (unpaired) electrons. The summed E-state index contributed by atoms with van der Waals surface area (Å²) in [5.74, 6) is -2.36. The number of anilines is 1. The number of nitrogens with zero attached hydrogens (tertiary/aromatic N) is 4. The highest BCUT2D eigenvalue weighted by Gasteiger charge is 2.28. The van der Waals surface area contributed by atoms with Crippen molar-refractivity contribution in [3.63, 3.8) is 0 Å². The van der Waals surface area contributed by atoms with Crippen molar-refractivity contribution in [1.29, 1.82) is 0 Å². The summed E-state index contributed by atoms with van der Waals surface area (Å²) in [5, 5.41) is 7.62. The number of ether oxygens (including phenoxy) is 4. The molecule has 0 aromatic heterocycles. The van der Waals surface area contributed by atoms with Crippen LogP contribution in [0.1, 0.15) is 117 Å². The minimum atomic E-state index is -0.910. The van der Waals surface area contributed by atoms with Gasteiger partial charge in [-0.3, -0.25) is 15.4 Å². The van der Waals surface area contributed by atoms with Crippen LogP contribution in [0.2, 0.25) is 0 Å². The topological polar surface area (TPSA) is 190 Å². The van der Waals surface area contributed by atoms with Crippen molar-refractivity contribution in [3.05, 3.63) is 76.9 Å². The standard InChI is InChI=1S/C45H59F2N7O9/c1-42(2,3)60-38(56)49-36(50-39(57)61-43(4,5)6)53-21-17-27(18-22-53)29-13-15-32(33(46)25-29)35(55)48-30-14-16-31(34(47)26-30)28-19-23-54(24-20-28)37(51-40(58)62-44(7,8)9)52-41(59)63-45(10,11)12/h13-17,19,25-26H,18,20-24H2,1-12H3,(H,48,55)(H,49,50,56,57)(H,51,52,58,59). The summed E-state index contributed by atoms with van der Waals surface area (Å²) in [6.45, 7) is 21.2. The van der Waals surface area contributed by atoms with Crippen LogP contribution in [0.15, 0.2) is 58.5 Å². The van der Waals surface area contributed by atoms with E-state index in [0.717, 1.165) is 11.6 Å². The number of nitrogens with one attached hydrogen (secondary N) is 3. The molecular weight excluding hydrogens is 821 g/mol. The van der Waals surface area contributed by atoms with Crippen molar-refractivity contribution in [2.24, 2.45) is 9.98 Å². The van der Waals surface area contributed by atoms with Gasteiger partial charge in [0.15, 0.2) is 0 Å². The smallest absolute Gasteiger partial charge is 0.437 e. The molecule has 5 amide bonds. The summed E-state index contributed by atoms with van der Waals surface area (Å²) in [7, 11) is 0. The normalized spacial score (nSPS) is 15.4. The Balaban J connectivity index is 1.43. The second kappa shape index (κ2) is 19.8. The van der Waals surface area contributed by atoms with Gasteiger partial charge in [0.2, 0.25) is 11.9 Å². The maximum absolute atomic E-state index is 15.6. The third-order valence-corrected chi connectivity index (χ3v) is 8.58. The molecule has 4 rings (SSSR count). The maximum Gasteiger partial charge on any atom is 0.437 e. The fourth-order valence-electron chi connectivity index (χ4n) is 6.07. The van der Waals surface area contributed by atoms with E-state index in [2.05, 4.69) is 25.9 Å². The third kappa shape index (κ3) is 16.1. The molecule has 0 aliphatic carbocycles. The fourth-order valence-corrected chi connectivity index (χ4v) is 6.07. The number of benzene rings is 2. The lowest BCUT2D eigenvalue weighted by Crippen LogP contribution is -2.48. The van der Waals surface area contributed by atoms with Crippen LogP contribution in [0.4, 0.5) is 33.6 Å². The molecular formula is C45H59F2N7O9. The summed E-state index contributed by atoms with van der Waals surface area (Å²) in [6.07, 6.45) is 0.771. The van der Waals surface area contributed by atoms with Crippen molar-refractivity contribution in [1.82, 2.24) is 20.4 Å². The summed E-state index contributed by atoms with van der Waals surface area (Å²) in [5.41, 5.74) is -1.21. The zero-order chi connectivity index (χ0) is 47.1. The molecule has 0 saturated heterocycles. The number of carbonyl (C=O) groups excluding carboxylic acids is 5. The fraction of sp³-hybridized carbons (Fsp3) is 0.489. The molecule has 18 heteroatoms. The van der Waals surface area contributed by atoms with Gasteiger partial charge in [-0.25, -0.2) is 28.0 Å². The van der Waals surface area contributed by atoms with Gasteiger partial charge in [-0.05, 0) is 143 Å². The molecule has 63 heavy (non-hydrogen) atoms. The average Bonchev–Trinajstić information content (AvgIpc) is 3.11. The van der Waals surface area contributed by atoms with E-state index in [9.17, 15) is 24.0 Å². The first kappa shape index (κ1) is 49.3. The van der Waals surface area contributed by atoms with E-state index in [1.54, 1.807) is 111 Å². The molecule has 2 aliphatic rings. The Morgan fingerprint density at radius 1 is 0.587 bits per heavy atom. The molecule has 0 unspecified atom stereocenters. The number of guanidine groups is 2. The van der Waals surface area contributed by atoms with Gasteiger partial charge in [0, 0.05) is 37.4 Å². The number of hydrogen-bond donors (Lipinski definition) is 3. The van der Waals surface area contributed by atoms with Gasteiger partial charge in [0.25, 0.3) is 5.91 Å². The molecule has 0 bridgehead atoms. The van der Waals surface area contributed by atoms with Crippen LogP contribution in [0.5, 0.6) is 0 Å². The molecule has 2 heterocycles. The minimum Gasteiger partial charge on any atom is -0.444 e. The lowest BCUT2D eigenvalue weighted by Gasteiger charge is -2.30. The summed E-state index contributed by atoms with van der Waals surface area (Å²) >= 11 is 0. The highest BCUT2D eigenvalue weighted by molar-refractivity contribution is 6.05. The second-order valence-electron chi connectivity index (χ2n) is 18.8. The summed E-state index contributed by atoms with van der Waals surface area (Å²) in [4.78, 5) is 74.8. The van der Waals surface area contributed by atoms with E-state index in [1.807, 2.05) is 0 Å². The lowest BCUT2D eigenvalue weighted by atomic mass is 9.97. The number of carbonyl (C=O) groups is 5. The van der Waals surface area contributed by atoms with E-state index in [1.165, 1.54) is 24.3 Å². The van der Waals surface area contributed by atoms with Gasteiger partial charge in [0.1, 0.15) is 34.0 Å². The Hall–Kier alpha value is -6.33. The monoisotopic (exact) mass is 879 g/mol. The number of hydrogen-bond acceptors (Lipinski definition) is 9. The SMILES string of the molecule is CC(C)(C)OC(=O)N=C(NC(=O)OC(C)(C)C)N1CC=C(c2ccc(C(=O)Nc3ccc(C4=CCN(C(=NC(=O)OC(C)(C)C)NC(=O)OC(C)(C)C)CC4)c(F)c3)c(F)c2)CC1. The van der Waals surface area contributed by atoms with Crippen LogP contribution >= 0.6 is 0 Å². The Labute approximate surface area is 367 Å². The number of alkyl carbamates (subject to hydrolysis) is 2. The van der Waals surface area contributed by atoms with Crippen molar-refractivity contribution < 1.29 is 51.7 Å². The lowest BCUT2D eigenvalue weighted by molar-refractivity contribution is 0.0536. The van der Waals surface area contributed by atoms with E-state index in [-0.39, 0.29) is 48.4 Å². The molecule has 2 aliphatic heterocycles. The molecule has 0 atom stereocenters. The molecule has 3 N–H and O–H groups in total. The molecule has 0 spiro atoms. The average molecular weight is 880 g/mol. The predicted octanol–water partition coefficient (Wildman–Crippen LogP) is 9.03. The maximum atomic E-state index is 15.6. The summed E-state index contributed by atoms with van der Waals surface area (Å²) < 4.78 is 52.4. The Bertz CT molecular complexity index is 2210. The van der Waals surface area contributed by atoms with Crippen molar-refractivity contribution in [3.8, 4) is 0 Å². The molecule has 0 fully saturated rings. The zero-order valence-corrected chi connectivity index (χ0v) is 38.1. The first-order valence-corrected chi connectivity index (χ1v) is 20.5. The molecule has 2 aromatic carbocycles. The quantitative estimate of drug-likeness (QED) is 0.151. The van der Waals surface area contributed by atoms with E-state index in [4.69, 9.17) is 18.9 Å². The molecule has 0 saturated carbocycles. The largest absolute Gasteiger partial charge is 0.444 e. The van der Waals surface area contributed by atoms with Crippen LogP contribution in [-0.4, -0.2) is 101 Å². The van der Waals surface area contributed by atoms with Gasteiger partial charge >= 0.3 is 24.4 Å². The van der Waals surface area contributed by atoms with E-state index >= 15 is 8.78 Å². The second-order valence-corrected chi connectivity index (χ2v) is 18.8. The predicted molar refractivity (Wildman–Crippen MR) is 235 cm³/mol.